The van der Waals surface area contributed by atoms with Gasteiger partial charge in [0.2, 0.25) is 0 Å². The van der Waals surface area contributed by atoms with E-state index in [9.17, 15) is 35.4 Å². The molecule has 0 bridgehead atoms. The zero-order valence-electron chi connectivity index (χ0n) is 20.5. The van der Waals surface area contributed by atoms with Gasteiger partial charge in [-0.3, -0.25) is 18.5 Å². The molecule has 1 saturated heterocycles. The molecule has 0 atom stereocenters. The number of hydrogen-bond acceptors (Lipinski definition) is 12. The van der Waals surface area contributed by atoms with Crippen LogP contribution >= 0.6 is 0 Å². The van der Waals surface area contributed by atoms with E-state index in [0.717, 1.165) is 37.7 Å². The van der Waals surface area contributed by atoms with E-state index in [1.54, 1.807) is 0 Å². The van der Waals surface area contributed by atoms with Crippen molar-refractivity contribution in [3.8, 4) is 0 Å². The second-order valence-electron chi connectivity index (χ2n) is 8.70. The lowest BCUT2D eigenvalue weighted by Crippen LogP contribution is -2.35. The quantitative estimate of drug-likeness (QED) is 0.198. The van der Waals surface area contributed by atoms with Gasteiger partial charge >= 0.3 is 0 Å². The van der Waals surface area contributed by atoms with Crippen LogP contribution in [0.25, 0.3) is 0 Å². The van der Waals surface area contributed by atoms with E-state index in [1.165, 1.54) is 11.0 Å². The lowest BCUT2D eigenvalue weighted by atomic mass is 10.1. The maximum atomic E-state index is 13.8. The molecule has 206 valence electrons. The molecule has 16 heteroatoms. The Hall–Kier alpha value is -1.85. The van der Waals surface area contributed by atoms with Crippen LogP contribution in [0.4, 0.5) is 11.4 Å². The molecule has 1 aromatic rings. The topological polar surface area (TPSA) is 170 Å². The molecule has 13 nitrogen and oxygen atoms in total. The predicted octanol–water partition coefficient (Wildman–Crippen LogP) is 1.00. The molecule has 0 unspecified atom stereocenters. The molecule has 1 heterocycles. The molecule has 0 aliphatic carbocycles. The van der Waals surface area contributed by atoms with E-state index in [0.29, 0.717) is 25.7 Å². The molecule has 0 aromatic heterocycles. The van der Waals surface area contributed by atoms with Gasteiger partial charge in [0.15, 0.2) is 9.84 Å². The van der Waals surface area contributed by atoms with Crippen molar-refractivity contribution in [2.75, 3.05) is 63.9 Å². The van der Waals surface area contributed by atoms with E-state index in [-0.39, 0.29) is 36.9 Å². The molecule has 0 spiro atoms. The van der Waals surface area contributed by atoms with Gasteiger partial charge in [-0.15, -0.1) is 0 Å². The van der Waals surface area contributed by atoms with Crippen LogP contribution in [0.1, 0.15) is 25.7 Å². The number of nitrogens with zero attached hydrogens (tertiary/aromatic N) is 3. The first-order valence-corrected chi connectivity index (χ1v) is 16.4. The Bertz CT molecular complexity index is 1190. The lowest BCUT2D eigenvalue weighted by Gasteiger charge is -2.29. The average molecular weight is 572 g/mol. The maximum absolute atomic E-state index is 13.8. The summed E-state index contributed by atoms with van der Waals surface area (Å²) in [6.07, 6.45) is 3.75. The Morgan fingerprint density at radius 1 is 0.972 bits per heavy atom. The highest BCUT2D eigenvalue weighted by Crippen LogP contribution is 2.34. The standard InChI is InChI=1S/C20H33N3O10S3/c1-21-10-4-6-18(7-5-11-21)36(30,31)20-16-17(23(24)25)8-9-19(20)22(12-14-32-34(2,26)27)13-15-33-35(3,28)29/h8-9,16,18H,4-7,10-15H2,1-3H3. The number of likely N-dealkylation sites (tertiary alicyclic amines) is 1. The Morgan fingerprint density at radius 2 is 1.47 bits per heavy atom. The summed E-state index contributed by atoms with van der Waals surface area (Å²) < 4.78 is 82.8. The summed E-state index contributed by atoms with van der Waals surface area (Å²) in [4.78, 5) is 14.0. The van der Waals surface area contributed by atoms with Crippen LogP contribution in [0.5, 0.6) is 0 Å². The SMILES string of the molecule is CN1CCCC(S(=O)(=O)c2cc([N+](=O)[O-])ccc2N(CCOS(C)(=O)=O)CCOS(C)(=O)=O)CCC1. The van der Waals surface area contributed by atoms with E-state index in [4.69, 9.17) is 8.37 Å². The van der Waals surface area contributed by atoms with Gasteiger partial charge < -0.3 is 9.80 Å². The van der Waals surface area contributed by atoms with Crippen molar-refractivity contribution in [2.45, 2.75) is 35.8 Å². The van der Waals surface area contributed by atoms with Crippen molar-refractivity contribution in [3.63, 3.8) is 0 Å². The summed E-state index contributed by atoms with van der Waals surface area (Å²) in [5.41, 5.74) is -0.336. The molecule has 1 fully saturated rings. The van der Waals surface area contributed by atoms with Gasteiger partial charge in [0.05, 0.1) is 46.5 Å². The molecule has 0 radical (unpaired) electrons. The highest BCUT2D eigenvalue weighted by molar-refractivity contribution is 7.92. The summed E-state index contributed by atoms with van der Waals surface area (Å²) in [6.45, 7) is 0.455. The molecular weight excluding hydrogens is 538 g/mol. The van der Waals surface area contributed by atoms with Crippen molar-refractivity contribution < 1.29 is 38.5 Å². The third kappa shape index (κ3) is 9.55. The zero-order chi connectivity index (χ0) is 27.1. The van der Waals surface area contributed by atoms with Crippen LogP contribution in [-0.4, -0.2) is 99.3 Å². The first-order valence-electron chi connectivity index (χ1n) is 11.2. The number of anilines is 1. The van der Waals surface area contributed by atoms with E-state index < -0.39 is 45.9 Å². The van der Waals surface area contributed by atoms with Crippen LogP contribution in [0.2, 0.25) is 0 Å². The molecule has 36 heavy (non-hydrogen) atoms. The molecule has 1 aromatic carbocycles. The normalized spacial score (nSPS) is 16.9. The molecule has 2 rings (SSSR count). The van der Waals surface area contributed by atoms with Gasteiger partial charge in [-0.05, 0) is 51.9 Å². The van der Waals surface area contributed by atoms with Crippen LogP contribution in [0.15, 0.2) is 23.1 Å². The summed E-state index contributed by atoms with van der Waals surface area (Å²) in [6, 6.07) is 3.41. The van der Waals surface area contributed by atoms with Gasteiger partial charge in [-0.25, -0.2) is 8.42 Å². The third-order valence-electron chi connectivity index (χ3n) is 5.69. The second-order valence-corrected chi connectivity index (χ2v) is 14.2. The Morgan fingerprint density at radius 3 is 1.92 bits per heavy atom. The Kier molecular flexibility index (Phi) is 10.6. The van der Waals surface area contributed by atoms with E-state index in [1.807, 2.05) is 7.05 Å². The fourth-order valence-electron chi connectivity index (χ4n) is 3.98. The first-order chi connectivity index (χ1) is 16.6. The summed E-state index contributed by atoms with van der Waals surface area (Å²) in [5.74, 6) is 0. The van der Waals surface area contributed by atoms with Gasteiger partial charge in [-0.1, -0.05) is 0 Å². The number of sulfone groups is 1. The number of non-ortho nitro benzene ring substituents is 1. The Labute approximate surface area is 212 Å². The highest BCUT2D eigenvalue weighted by Gasteiger charge is 2.33. The van der Waals surface area contributed by atoms with Crippen LogP contribution in [0.3, 0.4) is 0 Å². The fourth-order valence-corrected chi connectivity index (χ4v) is 6.82. The lowest BCUT2D eigenvalue weighted by molar-refractivity contribution is -0.385. The Balaban J connectivity index is 2.49. The summed E-state index contributed by atoms with van der Waals surface area (Å²) in [7, 11) is -9.67. The smallest absolute Gasteiger partial charge is 0.270 e. The first kappa shape index (κ1) is 30.4. The predicted molar refractivity (Wildman–Crippen MR) is 134 cm³/mol. The second kappa shape index (κ2) is 12.6. The molecular formula is C20H33N3O10S3. The van der Waals surface area contributed by atoms with Crippen molar-refractivity contribution in [1.82, 2.24) is 4.90 Å². The van der Waals surface area contributed by atoms with Crippen LogP contribution in [0, 0.1) is 10.1 Å². The monoisotopic (exact) mass is 571 g/mol. The number of hydrogen-bond donors (Lipinski definition) is 0. The molecule has 0 saturated carbocycles. The fraction of sp³-hybridized carbons (Fsp3) is 0.700. The average Bonchev–Trinajstić information content (AvgIpc) is 2.73. The van der Waals surface area contributed by atoms with Crippen LogP contribution in [-0.2, 0) is 38.4 Å². The van der Waals surface area contributed by atoms with Crippen molar-refractivity contribution >= 4 is 41.4 Å². The number of nitro benzene ring substituents is 1. The molecule has 0 amide bonds. The van der Waals surface area contributed by atoms with Crippen molar-refractivity contribution in [2.24, 2.45) is 0 Å². The minimum absolute atomic E-state index is 0.0778. The van der Waals surface area contributed by atoms with E-state index >= 15 is 0 Å². The molecule has 0 N–H and O–H groups in total. The summed E-state index contributed by atoms with van der Waals surface area (Å²) >= 11 is 0. The minimum Gasteiger partial charge on any atom is -0.366 e. The van der Waals surface area contributed by atoms with E-state index in [2.05, 4.69) is 4.90 Å². The number of rotatable bonds is 12. The molecule has 1 aliphatic rings. The van der Waals surface area contributed by atoms with Gasteiger partial charge in [0, 0.05) is 25.2 Å². The van der Waals surface area contributed by atoms with Gasteiger partial charge in [-0.2, -0.15) is 16.8 Å². The molecule has 1 aliphatic heterocycles. The van der Waals surface area contributed by atoms with Crippen molar-refractivity contribution in [1.29, 1.82) is 0 Å². The third-order valence-corrected chi connectivity index (χ3v) is 9.17. The number of nitro groups is 1. The largest absolute Gasteiger partial charge is 0.366 e. The van der Waals surface area contributed by atoms with Crippen LogP contribution < -0.4 is 4.90 Å². The maximum Gasteiger partial charge on any atom is 0.270 e. The van der Waals surface area contributed by atoms with Gasteiger partial charge in [0.25, 0.3) is 25.9 Å². The van der Waals surface area contributed by atoms with Crippen molar-refractivity contribution in [3.05, 3.63) is 28.3 Å². The zero-order valence-corrected chi connectivity index (χ0v) is 23.0. The minimum atomic E-state index is -4.04. The summed E-state index contributed by atoms with van der Waals surface area (Å²) in [5, 5.41) is 10.7. The highest BCUT2D eigenvalue weighted by atomic mass is 32.2. The van der Waals surface area contributed by atoms with Gasteiger partial charge in [0.1, 0.15) is 0 Å². The number of benzene rings is 1.